The molecular weight excluding hydrogens is 174 g/mol. The van der Waals surface area contributed by atoms with Crippen molar-refractivity contribution in [2.24, 2.45) is 0 Å². The monoisotopic (exact) mass is 189 g/mol. The molecule has 3 heteroatoms. The molecule has 0 atom stereocenters. The van der Waals surface area contributed by atoms with Crippen LogP contribution in [0.4, 0.5) is 17.1 Å². The van der Waals surface area contributed by atoms with Crippen LogP contribution in [0.3, 0.4) is 0 Å². The maximum absolute atomic E-state index is 6.94. The number of hydrogen-bond acceptors (Lipinski definition) is 2. The van der Waals surface area contributed by atoms with Crippen molar-refractivity contribution in [2.75, 3.05) is 11.1 Å². The molecule has 3 N–H and O–H groups in total. The predicted octanol–water partition coefficient (Wildman–Crippen LogP) is 2.95. The van der Waals surface area contributed by atoms with Crippen LogP contribution >= 0.6 is 0 Å². The summed E-state index contributed by atoms with van der Waals surface area (Å²) in [6.45, 7) is 13.0. The Kier molecular flexibility index (Phi) is 2.98. The van der Waals surface area contributed by atoms with Gasteiger partial charge in [-0.25, -0.2) is 4.85 Å². The first-order chi connectivity index (χ1) is 6.54. The van der Waals surface area contributed by atoms with Gasteiger partial charge in [-0.1, -0.05) is 0 Å². The summed E-state index contributed by atoms with van der Waals surface area (Å²) in [6, 6.07) is 3.98. The third-order valence-corrected chi connectivity index (χ3v) is 1.93. The van der Waals surface area contributed by atoms with E-state index in [2.05, 4.69) is 24.0 Å². The highest BCUT2D eigenvalue weighted by molar-refractivity contribution is 5.74. The van der Waals surface area contributed by atoms with Gasteiger partial charge in [-0.3, -0.25) is 0 Å². The zero-order valence-electron chi connectivity index (χ0n) is 8.76. The molecule has 14 heavy (non-hydrogen) atoms. The number of nitrogen functional groups attached to an aromatic ring is 1. The van der Waals surface area contributed by atoms with Crippen molar-refractivity contribution < 1.29 is 0 Å². The lowest BCUT2D eigenvalue weighted by Crippen LogP contribution is -2.11. The topological polar surface area (TPSA) is 42.4 Å². The van der Waals surface area contributed by atoms with Crippen LogP contribution in [0.25, 0.3) is 4.85 Å². The normalized spacial score (nSPS) is 9.93. The molecule has 0 aromatic heterocycles. The van der Waals surface area contributed by atoms with Gasteiger partial charge in [-0.15, -0.1) is 0 Å². The first kappa shape index (κ1) is 10.4. The van der Waals surface area contributed by atoms with E-state index in [0.717, 1.165) is 11.3 Å². The third kappa shape index (κ3) is 2.17. The van der Waals surface area contributed by atoms with E-state index in [1.807, 2.05) is 13.0 Å². The lowest BCUT2D eigenvalue weighted by atomic mass is 10.1. The summed E-state index contributed by atoms with van der Waals surface area (Å²) in [5.74, 6) is 0. The molecule has 0 heterocycles. The summed E-state index contributed by atoms with van der Waals surface area (Å²) < 4.78 is 0. The highest BCUT2D eigenvalue weighted by atomic mass is 14.9. The van der Waals surface area contributed by atoms with E-state index in [-0.39, 0.29) is 0 Å². The Balaban J connectivity index is 3.10. The lowest BCUT2D eigenvalue weighted by Gasteiger charge is -2.13. The SMILES string of the molecule is [C-]#[N+]c1cc(N)c(NC(C)C)cc1C. The first-order valence-electron chi connectivity index (χ1n) is 4.58. The van der Waals surface area contributed by atoms with E-state index in [1.54, 1.807) is 6.07 Å². The molecule has 0 radical (unpaired) electrons. The van der Waals surface area contributed by atoms with Crippen molar-refractivity contribution >= 4 is 17.1 Å². The van der Waals surface area contributed by atoms with Crippen LogP contribution < -0.4 is 11.1 Å². The van der Waals surface area contributed by atoms with E-state index in [0.29, 0.717) is 17.4 Å². The van der Waals surface area contributed by atoms with E-state index in [4.69, 9.17) is 12.3 Å². The highest BCUT2D eigenvalue weighted by Crippen LogP contribution is 2.29. The molecule has 3 nitrogen and oxygen atoms in total. The van der Waals surface area contributed by atoms with Gasteiger partial charge in [0.1, 0.15) is 0 Å². The molecule has 0 aliphatic heterocycles. The second-order valence-electron chi connectivity index (χ2n) is 3.64. The Labute approximate surface area is 84.7 Å². The minimum absolute atomic E-state index is 0.343. The average molecular weight is 189 g/mol. The first-order valence-corrected chi connectivity index (χ1v) is 4.58. The van der Waals surface area contributed by atoms with Crippen molar-refractivity contribution in [3.05, 3.63) is 29.1 Å². The van der Waals surface area contributed by atoms with Crippen molar-refractivity contribution in [3.63, 3.8) is 0 Å². The Bertz CT molecular complexity index is 375. The van der Waals surface area contributed by atoms with Crippen molar-refractivity contribution in [3.8, 4) is 0 Å². The molecule has 0 saturated heterocycles. The standard InChI is InChI=1S/C11H15N3/c1-7(2)14-11-5-8(3)10(13-4)6-9(11)12/h5-7,14H,12H2,1-3H3. The van der Waals surface area contributed by atoms with Gasteiger partial charge < -0.3 is 11.1 Å². The second kappa shape index (κ2) is 4.01. The van der Waals surface area contributed by atoms with E-state index < -0.39 is 0 Å². The van der Waals surface area contributed by atoms with Crippen molar-refractivity contribution in [1.82, 2.24) is 0 Å². The average Bonchev–Trinajstić information content (AvgIpc) is 2.10. The molecule has 0 spiro atoms. The fourth-order valence-electron chi connectivity index (χ4n) is 1.27. The lowest BCUT2D eigenvalue weighted by molar-refractivity contribution is 0.900. The zero-order chi connectivity index (χ0) is 10.7. The fourth-order valence-corrected chi connectivity index (χ4v) is 1.27. The Morgan fingerprint density at radius 2 is 2.07 bits per heavy atom. The Hall–Kier alpha value is -1.69. The zero-order valence-corrected chi connectivity index (χ0v) is 8.76. The van der Waals surface area contributed by atoms with Gasteiger partial charge >= 0.3 is 0 Å². The second-order valence-corrected chi connectivity index (χ2v) is 3.64. The van der Waals surface area contributed by atoms with Gasteiger partial charge in [0.05, 0.1) is 12.3 Å². The smallest absolute Gasteiger partial charge is 0.192 e. The van der Waals surface area contributed by atoms with E-state index in [1.165, 1.54) is 0 Å². The number of anilines is 2. The van der Waals surface area contributed by atoms with Gasteiger partial charge in [0.2, 0.25) is 0 Å². The van der Waals surface area contributed by atoms with Crippen LogP contribution in [0.5, 0.6) is 0 Å². The van der Waals surface area contributed by atoms with Gasteiger partial charge in [0.25, 0.3) is 0 Å². The molecule has 0 unspecified atom stereocenters. The molecule has 0 fully saturated rings. The highest BCUT2D eigenvalue weighted by Gasteiger charge is 2.05. The molecule has 1 aromatic carbocycles. The maximum atomic E-state index is 6.94. The molecule has 0 saturated carbocycles. The summed E-state index contributed by atoms with van der Waals surface area (Å²) in [4.78, 5) is 3.39. The number of nitrogens with zero attached hydrogens (tertiary/aromatic N) is 1. The number of rotatable bonds is 2. The fraction of sp³-hybridized carbons (Fsp3) is 0.364. The minimum Gasteiger partial charge on any atom is -0.398 e. The molecule has 0 aliphatic rings. The third-order valence-electron chi connectivity index (χ3n) is 1.93. The van der Waals surface area contributed by atoms with E-state index in [9.17, 15) is 0 Å². The quantitative estimate of drug-likeness (QED) is 0.555. The van der Waals surface area contributed by atoms with Crippen LogP contribution in [0, 0.1) is 13.5 Å². The number of nitrogens with one attached hydrogen (secondary N) is 1. The van der Waals surface area contributed by atoms with Crippen LogP contribution in [0.1, 0.15) is 19.4 Å². The molecule has 74 valence electrons. The summed E-state index contributed by atoms with van der Waals surface area (Å²) in [5, 5.41) is 3.24. The minimum atomic E-state index is 0.343. The van der Waals surface area contributed by atoms with Crippen LogP contribution in [-0.4, -0.2) is 6.04 Å². The Morgan fingerprint density at radius 1 is 1.43 bits per heavy atom. The molecule has 0 aliphatic carbocycles. The molecule has 1 rings (SSSR count). The number of nitrogens with two attached hydrogens (primary N) is 1. The van der Waals surface area contributed by atoms with Crippen LogP contribution in [-0.2, 0) is 0 Å². The number of benzene rings is 1. The van der Waals surface area contributed by atoms with E-state index >= 15 is 0 Å². The van der Waals surface area contributed by atoms with Gasteiger partial charge in [0.15, 0.2) is 5.69 Å². The van der Waals surface area contributed by atoms with Crippen LogP contribution in [0.15, 0.2) is 12.1 Å². The summed E-state index contributed by atoms with van der Waals surface area (Å²) in [5.41, 5.74) is 8.93. The Morgan fingerprint density at radius 3 is 2.57 bits per heavy atom. The predicted molar refractivity (Wildman–Crippen MR) is 60.6 cm³/mol. The number of hydrogen-bond donors (Lipinski definition) is 2. The maximum Gasteiger partial charge on any atom is 0.192 e. The van der Waals surface area contributed by atoms with Gasteiger partial charge in [-0.2, -0.15) is 0 Å². The molecule has 0 bridgehead atoms. The summed E-state index contributed by atoms with van der Waals surface area (Å²) >= 11 is 0. The summed E-state index contributed by atoms with van der Waals surface area (Å²) in [6.07, 6.45) is 0. The van der Waals surface area contributed by atoms with Gasteiger partial charge in [0, 0.05) is 11.7 Å². The van der Waals surface area contributed by atoms with Gasteiger partial charge in [-0.05, 0) is 38.5 Å². The van der Waals surface area contributed by atoms with Crippen LogP contribution in [0.2, 0.25) is 0 Å². The van der Waals surface area contributed by atoms with Crippen molar-refractivity contribution in [1.29, 1.82) is 0 Å². The summed E-state index contributed by atoms with van der Waals surface area (Å²) in [7, 11) is 0. The number of aryl methyl sites for hydroxylation is 1. The van der Waals surface area contributed by atoms with Crippen molar-refractivity contribution in [2.45, 2.75) is 26.8 Å². The molecule has 0 amide bonds. The largest absolute Gasteiger partial charge is 0.398 e. The molecule has 1 aromatic rings. The molecular formula is C11H15N3.